The number of anilines is 2. The highest BCUT2D eigenvalue weighted by Crippen LogP contribution is 2.41. The van der Waals surface area contributed by atoms with E-state index in [2.05, 4.69) is 25.0 Å². The number of thioether (sulfide) groups is 1. The van der Waals surface area contributed by atoms with Crippen LogP contribution in [0.5, 0.6) is 0 Å². The highest BCUT2D eigenvalue weighted by Gasteiger charge is 2.33. The summed E-state index contributed by atoms with van der Waals surface area (Å²) in [4.78, 5) is 14.8. The molecule has 1 saturated carbocycles. The first-order valence-electron chi connectivity index (χ1n) is 9.71. The number of morpholine rings is 1. The molecule has 162 valence electrons. The van der Waals surface area contributed by atoms with Crippen molar-refractivity contribution in [1.82, 2.24) is 14.8 Å². The molecule has 10 nitrogen and oxygen atoms in total. The molecule has 30 heavy (non-hydrogen) atoms. The van der Waals surface area contributed by atoms with Gasteiger partial charge in [0.05, 0.1) is 23.4 Å². The Balaban J connectivity index is 1.44. The maximum absolute atomic E-state index is 12.6. The first-order chi connectivity index (χ1) is 14.3. The second-order valence-electron chi connectivity index (χ2n) is 7.30. The summed E-state index contributed by atoms with van der Waals surface area (Å²) >= 11 is 1.36. The third-order valence-electron chi connectivity index (χ3n) is 4.95. The lowest BCUT2D eigenvalue weighted by atomic mass is 10.3. The van der Waals surface area contributed by atoms with Crippen molar-refractivity contribution in [1.29, 1.82) is 0 Å². The molecule has 4 rings (SSSR count). The lowest BCUT2D eigenvalue weighted by molar-refractivity contribution is -0.115. The van der Waals surface area contributed by atoms with E-state index in [-0.39, 0.29) is 10.8 Å². The van der Waals surface area contributed by atoms with Crippen molar-refractivity contribution in [3.63, 3.8) is 0 Å². The predicted octanol–water partition coefficient (Wildman–Crippen LogP) is 1.22. The molecule has 2 heterocycles. The third kappa shape index (κ3) is 4.77. The van der Waals surface area contributed by atoms with Crippen molar-refractivity contribution in [2.75, 3.05) is 36.5 Å². The Morgan fingerprint density at radius 1 is 1.23 bits per heavy atom. The fourth-order valence-electron chi connectivity index (χ4n) is 3.16. The van der Waals surface area contributed by atoms with Gasteiger partial charge in [-0.1, -0.05) is 11.8 Å². The Morgan fingerprint density at radius 2 is 1.90 bits per heavy atom. The molecule has 2 aliphatic rings. The van der Waals surface area contributed by atoms with Gasteiger partial charge >= 0.3 is 0 Å². The van der Waals surface area contributed by atoms with E-state index in [9.17, 15) is 13.2 Å². The van der Waals surface area contributed by atoms with E-state index in [0.29, 0.717) is 24.9 Å². The number of carbonyl (C=O) groups excluding carboxylic acids is 1. The number of ether oxygens (including phenoxy) is 1. The standard InChI is InChI=1S/C18H24N6O4S2/c1-12(16(25)20-13-2-6-15(7-3-13)30(19,26)27)29-18-22-21-17(24(18)14-4-5-14)23-8-10-28-11-9-23/h2-3,6-7,12,14H,4-5,8-11H2,1H3,(H,20,25)(H2,19,26,27). The van der Waals surface area contributed by atoms with Crippen LogP contribution < -0.4 is 15.4 Å². The van der Waals surface area contributed by atoms with E-state index in [0.717, 1.165) is 37.0 Å². The van der Waals surface area contributed by atoms with Gasteiger partial charge in [-0.25, -0.2) is 13.6 Å². The molecule has 0 bridgehead atoms. The number of carbonyl (C=O) groups is 1. The van der Waals surface area contributed by atoms with E-state index in [1.807, 2.05) is 0 Å². The lowest BCUT2D eigenvalue weighted by Crippen LogP contribution is -2.38. The monoisotopic (exact) mass is 452 g/mol. The molecule has 0 spiro atoms. The minimum Gasteiger partial charge on any atom is -0.378 e. The van der Waals surface area contributed by atoms with Crippen LogP contribution in [-0.4, -0.2) is 60.6 Å². The number of aromatic nitrogens is 3. The zero-order valence-electron chi connectivity index (χ0n) is 16.5. The number of amides is 1. The highest BCUT2D eigenvalue weighted by molar-refractivity contribution is 8.00. The van der Waals surface area contributed by atoms with Gasteiger partial charge in [-0.3, -0.25) is 9.36 Å². The first-order valence-corrected chi connectivity index (χ1v) is 12.1. The molecule has 3 N–H and O–H groups in total. The molecule has 1 unspecified atom stereocenters. The summed E-state index contributed by atoms with van der Waals surface area (Å²) in [6, 6.07) is 6.12. The van der Waals surface area contributed by atoms with E-state index in [1.165, 1.54) is 36.0 Å². The maximum Gasteiger partial charge on any atom is 0.238 e. The summed E-state index contributed by atoms with van der Waals surface area (Å²) in [5, 5.41) is 17.0. The van der Waals surface area contributed by atoms with Crippen molar-refractivity contribution in [3.8, 4) is 0 Å². The molecular formula is C18H24N6O4S2. The topological polar surface area (TPSA) is 132 Å². The van der Waals surface area contributed by atoms with Gasteiger partial charge in [-0.15, -0.1) is 10.2 Å². The summed E-state index contributed by atoms with van der Waals surface area (Å²) in [6.07, 6.45) is 2.17. The highest BCUT2D eigenvalue weighted by atomic mass is 32.2. The van der Waals surface area contributed by atoms with Crippen LogP contribution in [0.1, 0.15) is 25.8 Å². The summed E-state index contributed by atoms with van der Waals surface area (Å²) in [6.45, 7) is 4.70. The van der Waals surface area contributed by atoms with Crippen molar-refractivity contribution < 1.29 is 17.9 Å². The molecule has 1 aromatic carbocycles. The van der Waals surface area contributed by atoms with Gasteiger partial charge in [0.25, 0.3) is 0 Å². The lowest BCUT2D eigenvalue weighted by Gasteiger charge is -2.28. The van der Waals surface area contributed by atoms with E-state index in [1.54, 1.807) is 6.92 Å². The third-order valence-corrected chi connectivity index (χ3v) is 6.94. The van der Waals surface area contributed by atoms with Crippen LogP contribution >= 0.6 is 11.8 Å². The number of nitrogens with zero attached hydrogens (tertiary/aromatic N) is 4. The molecule has 1 atom stereocenters. The Kier molecular flexibility index (Phi) is 6.00. The van der Waals surface area contributed by atoms with Gasteiger partial charge in [0.2, 0.25) is 21.9 Å². The van der Waals surface area contributed by atoms with Gasteiger partial charge < -0.3 is 15.0 Å². The smallest absolute Gasteiger partial charge is 0.238 e. The Bertz CT molecular complexity index is 1010. The number of sulfonamides is 1. The van der Waals surface area contributed by atoms with Gasteiger partial charge in [0, 0.05) is 24.8 Å². The fourth-order valence-corrected chi connectivity index (χ4v) is 4.59. The van der Waals surface area contributed by atoms with Gasteiger partial charge in [-0.2, -0.15) is 0 Å². The van der Waals surface area contributed by atoms with Crippen LogP contribution in [0, 0.1) is 0 Å². The van der Waals surface area contributed by atoms with Gasteiger partial charge in [-0.05, 0) is 44.0 Å². The summed E-state index contributed by atoms with van der Waals surface area (Å²) in [7, 11) is -3.77. The number of nitrogens with one attached hydrogen (secondary N) is 1. The van der Waals surface area contributed by atoms with Crippen LogP contribution in [0.3, 0.4) is 0 Å². The summed E-state index contributed by atoms with van der Waals surface area (Å²) in [5.74, 6) is 0.635. The van der Waals surface area contributed by atoms with Gasteiger partial charge in [0.1, 0.15) is 0 Å². The van der Waals surface area contributed by atoms with Gasteiger partial charge in [0.15, 0.2) is 5.16 Å². The normalized spacial score (nSPS) is 18.3. The number of benzene rings is 1. The van der Waals surface area contributed by atoms with E-state index < -0.39 is 15.3 Å². The minimum atomic E-state index is -3.77. The fraction of sp³-hybridized carbons (Fsp3) is 0.500. The number of nitrogens with two attached hydrogens (primary N) is 1. The van der Waals surface area contributed by atoms with E-state index >= 15 is 0 Å². The van der Waals surface area contributed by atoms with Crippen molar-refractivity contribution in [2.45, 2.75) is 41.1 Å². The average molecular weight is 453 g/mol. The molecule has 0 radical (unpaired) electrons. The molecule has 12 heteroatoms. The van der Waals surface area contributed by atoms with Crippen LogP contribution in [0.15, 0.2) is 34.3 Å². The predicted molar refractivity (Wildman–Crippen MR) is 113 cm³/mol. The zero-order chi connectivity index (χ0) is 21.3. The van der Waals surface area contributed by atoms with Crippen LogP contribution in [0.2, 0.25) is 0 Å². The molecule has 2 fully saturated rings. The number of hydrogen-bond acceptors (Lipinski definition) is 8. The summed E-state index contributed by atoms with van der Waals surface area (Å²) in [5.41, 5.74) is 0.498. The quantitative estimate of drug-likeness (QED) is 0.599. The maximum atomic E-state index is 12.6. The second-order valence-corrected chi connectivity index (χ2v) is 10.2. The molecular weight excluding hydrogens is 428 g/mol. The number of hydrogen-bond donors (Lipinski definition) is 2. The van der Waals surface area contributed by atoms with Crippen molar-refractivity contribution >= 4 is 39.3 Å². The average Bonchev–Trinajstić information content (AvgIpc) is 3.48. The number of rotatable bonds is 7. The van der Waals surface area contributed by atoms with Crippen LogP contribution in [0.25, 0.3) is 0 Å². The van der Waals surface area contributed by atoms with E-state index in [4.69, 9.17) is 9.88 Å². The molecule has 1 aliphatic heterocycles. The summed E-state index contributed by atoms with van der Waals surface area (Å²) < 4.78 is 30.3. The molecule has 1 amide bonds. The molecule has 1 aromatic heterocycles. The zero-order valence-corrected chi connectivity index (χ0v) is 18.2. The minimum absolute atomic E-state index is 0.00361. The first kappa shape index (κ1) is 21.1. The Morgan fingerprint density at radius 3 is 2.50 bits per heavy atom. The van der Waals surface area contributed by atoms with Crippen LogP contribution in [-0.2, 0) is 19.6 Å². The molecule has 2 aromatic rings. The Hall–Kier alpha value is -2.15. The second kappa shape index (κ2) is 8.53. The SMILES string of the molecule is CC(Sc1nnc(N2CCOCC2)n1C1CC1)C(=O)Nc1ccc(S(N)(=O)=O)cc1. The Labute approximate surface area is 179 Å². The largest absolute Gasteiger partial charge is 0.378 e. The number of primary sulfonamides is 1. The van der Waals surface area contributed by atoms with Crippen molar-refractivity contribution in [3.05, 3.63) is 24.3 Å². The molecule has 1 aliphatic carbocycles. The van der Waals surface area contributed by atoms with Crippen LogP contribution in [0.4, 0.5) is 11.6 Å². The molecule has 1 saturated heterocycles. The van der Waals surface area contributed by atoms with Crippen molar-refractivity contribution in [2.24, 2.45) is 5.14 Å².